The largest absolute Gasteiger partial charge is 0.464 e. The van der Waals surface area contributed by atoms with Crippen molar-refractivity contribution in [3.05, 3.63) is 63.9 Å². The first kappa shape index (κ1) is 21.5. The highest BCUT2D eigenvalue weighted by Gasteiger charge is 2.24. The van der Waals surface area contributed by atoms with Crippen LogP contribution >= 0.6 is 22.7 Å². The van der Waals surface area contributed by atoms with Gasteiger partial charge in [0.15, 0.2) is 11.0 Å². The van der Waals surface area contributed by atoms with Crippen LogP contribution in [-0.4, -0.2) is 28.6 Å². The number of hydrogen-bond donors (Lipinski definition) is 2. The summed E-state index contributed by atoms with van der Waals surface area (Å²) < 4.78 is 6.26. The van der Waals surface area contributed by atoms with Gasteiger partial charge < -0.3 is 10.1 Å². The fourth-order valence-electron chi connectivity index (χ4n) is 3.15. The second kappa shape index (κ2) is 9.60. The molecule has 9 heteroatoms. The average molecular weight is 463 g/mol. The van der Waals surface area contributed by atoms with E-state index in [-0.39, 0.29) is 6.61 Å². The van der Waals surface area contributed by atoms with Crippen molar-refractivity contribution in [3.63, 3.8) is 0 Å². The Labute approximate surface area is 192 Å². The van der Waals surface area contributed by atoms with Gasteiger partial charge >= 0.3 is 12.0 Å². The van der Waals surface area contributed by atoms with E-state index in [1.165, 1.54) is 11.3 Å². The summed E-state index contributed by atoms with van der Waals surface area (Å²) in [6.45, 7) is 1.91. The molecule has 2 amide bonds. The standard InChI is InChI=1S/C23H18N4O3S2/c1-3-19-25-18(12-31-19)26-23(29)27-20(22(28)30-4-2)15-10-8-14(9-11-15)16-6-5-7-17-21(16)32-13-24-17/h1,5-13,20H,4H2,2H3,(H2,26,27,29). The van der Waals surface area contributed by atoms with Gasteiger partial charge in [-0.25, -0.2) is 19.6 Å². The molecule has 0 aliphatic carbocycles. The highest BCUT2D eigenvalue weighted by Crippen LogP contribution is 2.31. The lowest BCUT2D eigenvalue weighted by Crippen LogP contribution is -2.37. The third-order valence-corrected chi connectivity index (χ3v) is 6.23. The van der Waals surface area contributed by atoms with Crippen LogP contribution in [0.4, 0.5) is 10.6 Å². The van der Waals surface area contributed by atoms with Crippen molar-refractivity contribution < 1.29 is 14.3 Å². The van der Waals surface area contributed by atoms with Crippen LogP contribution in [0.5, 0.6) is 0 Å². The van der Waals surface area contributed by atoms with Crippen LogP contribution in [0, 0.1) is 12.3 Å². The summed E-state index contributed by atoms with van der Waals surface area (Å²) in [6.07, 6.45) is 5.31. The Morgan fingerprint density at radius 3 is 2.72 bits per heavy atom. The number of hydrogen-bond acceptors (Lipinski definition) is 7. The zero-order valence-corrected chi connectivity index (χ0v) is 18.6. The summed E-state index contributed by atoms with van der Waals surface area (Å²) in [5.41, 5.74) is 5.40. The second-order valence-electron chi connectivity index (χ2n) is 6.59. The van der Waals surface area contributed by atoms with Gasteiger partial charge in [-0.1, -0.05) is 36.4 Å². The number of anilines is 1. The minimum absolute atomic E-state index is 0.196. The van der Waals surface area contributed by atoms with E-state index >= 15 is 0 Å². The van der Waals surface area contributed by atoms with Crippen LogP contribution < -0.4 is 10.6 Å². The normalized spacial score (nSPS) is 11.5. The fourth-order valence-corrected chi connectivity index (χ4v) is 4.53. The van der Waals surface area contributed by atoms with Gasteiger partial charge in [0, 0.05) is 10.9 Å². The number of rotatable bonds is 6. The molecule has 0 saturated carbocycles. The monoisotopic (exact) mass is 462 g/mol. The summed E-state index contributed by atoms with van der Waals surface area (Å²) in [4.78, 5) is 33.5. The van der Waals surface area contributed by atoms with Crippen LogP contribution in [-0.2, 0) is 9.53 Å². The number of thiazole rings is 2. The molecule has 0 fully saturated rings. The van der Waals surface area contributed by atoms with Gasteiger partial charge in [-0.15, -0.1) is 29.1 Å². The quantitative estimate of drug-likeness (QED) is 0.316. The molecule has 160 valence electrons. The Balaban J connectivity index is 1.56. The summed E-state index contributed by atoms with van der Waals surface area (Å²) in [5, 5.41) is 7.33. The zero-order valence-electron chi connectivity index (χ0n) is 17.0. The second-order valence-corrected chi connectivity index (χ2v) is 8.31. The van der Waals surface area contributed by atoms with E-state index in [9.17, 15) is 9.59 Å². The Morgan fingerprint density at radius 2 is 2.00 bits per heavy atom. The molecule has 32 heavy (non-hydrogen) atoms. The molecule has 4 aromatic rings. The molecule has 1 atom stereocenters. The molecule has 0 aliphatic heterocycles. The van der Waals surface area contributed by atoms with Gasteiger partial charge in [-0.05, 0) is 30.0 Å². The summed E-state index contributed by atoms with van der Waals surface area (Å²) in [7, 11) is 0. The van der Waals surface area contributed by atoms with Crippen LogP contribution in [0.15, 0.2) is 53.4 Å². The van der Waals surface area contributed by atoms with Gasteiger partial charge in [0.05, 0.1) is 22.3 Å². The number of terminal acetylenes is 1. The van der Waals surface area contributed by atoms with Crippen molar-refractivity contribution in [3.8, 4) is 23.5 Å². The number of aromatic nitrogens is 2. The van der Waals surface area contributed by atoms with Gasteiger partial charge in [-0.3, -0.25) is 5.32 Å². The number of benzene rings is 2. The number of amides is 2. The summed E-state index contributed by atoms with van der Waals surface area (Å²) in [5.74, 6) is 2.17. The molecule has 0 aliphatic rings. The number of ether oxygens (including phenoxy) is 1. The molecule has 4 rings (SSSR count). The van der Waals surface area contributed by atoms with E-state index in [1.54, 1.807) is 35.8 Å². The van der Waals surface area contributed by atoms with E-state index in [1.807, 2.05) is 35.8 Å². The lowest BCUT2D eigenvalue weighted by molar-refractivity contribution is -0.145. The Morgan fingerprint density at radius 1 is 1.19 bits per heavy atom. The van der Waals surface area contributed by atoms with E-state index in [4.69, 9.17) is 11.2 Å². The van der Waals surface area contributed by atoms with Gasteiger partial charge in [-0.2, -0.15) is 0 Å². The molecule has 7 nitrogen and oxygen atoms in total. The average Bonchev–Trinajstić information content (AvgIpc) is 3.47. The Bertz CT molecular complexity index is 1300. The molecule has 0 bridgehead atoms. The molecular weight excluding hydrogens is 444 g/mol. The SMILES string of the molecule is C#Cc1nc(NC(=O)NC(C(=O)OCC)c2ccc(-c3cccc4ncsc34)cc2)cs1. The summed E-state index contributed by atoms with van der Waals surface area (Å²) in [6, 6.07) is 11.8. The lowest BCUT2D eigenvalue weighted by atomic mass is 10.0. The van der Waals surface area contributed by atoms with Crippen molar-refractivity contribution in [1.29, 1.82) is 0 Å². The molecule has 0 radical (unpaired) electrons. The van der Waals surface area contributed by atoms with Crippen LogP contribution in [0.25, 0.3) is 21.3 Å². The molecular formula is C23H18N4O3S2. The molecule has 2 aromatic heterocycles. The third-order valence-electron chi connectivity index (χ3n) is 4.58. The van der Waals surface area contributed by atoms with Gasteiger partial charge in [0.2, 0.25) is 0 Å². The predicted octanol–water partition coefficient (Wildman–Crippen LogP) is 4.83. The maximum atomic E-state index is 12.6. The van der Waals surface area contributed by atoms with Crippen molar-refractivity contribution in [1.82, 2.24) is 15.3 Å². The first-order valence-corrected chi connectivity index (χ1v) is 11.4. The highest BCUT2D eigenvalue weighted by atomic mass is 32.1. The first-order chi connectivity index (χ1) is 15.6. The minimum Gasteiger partial charge on any atom is -0.464 e. The molecule has 1 unspecified atom stereocenters. The van der Waals surface area contributed by atoms with E-state index < -0.39 is 18.0 Å². The number of nitrogens with one attached hydrogen (secondary N) is 2. The smallest absolute Gasteiger partial charge is 0.333 e. The van der Waals surface area contributed by atoms with Crippen molar-refractivity contribution in [2.45, 2.75) is 13.0 Å². The molecule has 0 spiro atoms. The highest BCUT2D eigenvalue weighted by molar-refractivity contribution is 7.17. The maximum absolute atomic E-state index is 12.6. The van der Waals surface area contributed by atoms with E-state index in [2.05, 4.69) is 26.5 Å². The van der Waals surface area contributed by atoms with Crippen LogP contribution in [0.3, 0.4) is 0 Å². The number of urea groups is 1. The van der Waals surface area contributed by atoms with Gasteiger partial charge in [0.1, 0.15) is 5.82 Å². The number of carbonyl (C=O) groups is 2. The number of fused-ring (bicyclic) bond motifs is 1. The Hall–Kier alpha value is -3.74. The van der Waals surface area contributed by atoms with Crippen LogP contribution in [0.2, 0.25) is 0 Å². The molecule has 0 saturated heterocycles. The third kappa shape index (κ3) is 4.61. The number of nitrogens with zero attached hydrogens (tertiary/aromatic N) is 2. The van der Waals surface area contributed by atoms with Crippen molar-refractivity contribution >= 4 is 50.7 Å². The number of esters is 1. The van der Waals surface area contributed by atoms with E-state index in [0.717, 1.165) is 21.3 Å². The summed E-state index contributed by atoms with van der Waals surface area (Å²) >= 11 is 2.81. The van der Waals surface area contributed by atoms with Crippen molar-refractivity contribution in [2.24, 2.45) is 0 Å². The zero-order chi connectivity index (χ0) is 22.5. The minimum atomic E-state index is -0.978. The predicted molar refractivity (Wildman–Crippen MR) is 127 cm³/mol. The molecule has 2 aromatic carbocycles. The fraction of sp³-hybridized carbons (Fsp3) is 0.130. The maximum Gasteiger partial charge on any atom is 0.333 e. The Kier molecular flexibility index (Phi) is 6.44. The van der Waals surface area contributed by atoms with E-state index in [0.29, 0.717) is 16.4 Å². The van der Waals surface area contributed by atoms with Crippen molar-refractivity contribution in [2.75, 3.05) is 11.9 Å². The van der Waals surface area contributed by atoms with Crippen LogP contribution in [0.1, 0.15) is 23.5 Å². The molecule has 2 heterocycles. The lowest BCUT2D eigenvalue weighted by Gasteiger charge is -2.18. The molecule has 2 N–H and O–H groups in total. The first-order valence-electron chi connectivity index (χ1n) is 9.68. The topological polar surface area (TPSA) is 93.2 Å². The number of carbonyl (C=O) groups excluding carboxylic acids is 2. The van der Waals surface area contributed by atoms with Gasteiger partial charge in [0.25, 0.3) is 0 Å².